The van der Waals surface area contributed by atoms with Crippen LogP contribution in [0.25, 0.3) is 0 Å². The minimum absolute atomic E-state index is 0.182. The average molecular weight is 129 g/mol. The van der Waals surface area contributed by atoms with Gasteiger partial charge in [0.1, 0.15) is 0 Å². The first-order chi connectivity index (χ1) is 3.85. The second-order valence-corrected chi connectivity index (χ2v) is 3.41. The summed E-state index contributed by atoms with van der Waals surface area (Å²) in [5, 5.41) is 10.2. The minimum Gasteiger partial charge on any atom is -0.247 e. The van der Waals surface area contributed by atoms with E-state index in [1.54, 1.807) is 6.92 Å². The van der Waals surface area contributed by atoms with E-state index < -0.39 is 5.97 Å². The third kappa shape index (κ3) is 2.49. The Morgan fingerprint density at radius 2 is 1.67 bits per heavy atom. The highest BCUT2D eigenvalue weighted by Gasteiger charge is 2.27. The smallest absolute Gasteiger partial charge is 0.247 e. The van der Waals surface area contributed by atoms with Crippen LogP contribution in [-0.4, -0.2) is 5.97 Å². The van der Waals surface area contributed by atoms with E-state index in [0.717, 1.165) is 0 Å². The van der Waals surface area contributed by atoms with Crippen molar-refractivity contribution in [2.45, 2.75) is 27.7 Å². The highest BCUT2D eigenvalue weighted by molar-refractivity contribution is 5.69. The van der Waals surface area contributed by atoms with E-state index in [1.165, 1.54) is 0 Å². The van der Waals surface area contributed by atoms with E-state index in [4.69, 9.17) is 0 Å². The summed E-state index contributed by atoms with van der Waals surface area (Å²) in [4.78, 5) is 10.2. The van der Waals surface area contributed by atoms with Crippen LogP contribution in [0.2, 0.25) is 0 Å². The van der Waals surface area contributed by atoms with Gasteiger partial charge in [-0.25, -0.2) is 9.90 Å². The van der Waals surface area contributed by atoms with Crippen molar-refractivity contribution in [3.63, 3.8) is 0 Å². The quantitative estimate of drug-likeness (QED) is 0.530. The maximum Gasteiger partial charge on any atom is 0.358 e. The van der Waals surface area contributed by atoms with Gasteiger partial charge in [-0.1, -0.05) is 27.7 Å². The average Bonchev–Trinajstić information content (AvgIpc) is 1.62. The van der Waals surface area contributed by atoms with Crippen LogP contribution in [0.1, 0.15) is 27.7 Å². The number of hydrogen-bond acceptors (Lipinski definition) is 1. The van der Waals surface area contributed by atoms with Gasteiger partial charge in [0.2, 0.25) is 0 Å². The Bertz CT molecular complexity index is 111. The molecule has 0 rings (SSSR count). The van der Waals surface area contributed by atoms with Crippen molar-refractivity contribution in [3.8, 4) is 0 Å². The molecule has 0 aromatic carbocycles. The standard InChI is InChI=1S/C7H13O2/c1-5(6(8)9)7(2,3)4/h5H,1-4H3. The topological polar surface area (TPSA) is 37.0 Å². The Labute approximate surface area is 55.9 Å². The van der Waals surface area contributed by atoms with Gasteiger partial charge in [-0.3, -0.25) is 0 Å². The lowest BCUT2D eigenvalue weighted by Crippen LogP contribution is -2.24. The second kappa shape index (κ2) is 2.38. The van der Waals surface area contributed by atoms with E-state index >= 15 is 0 Å². The molecule has 0 heterocycles. The third-order valence-electron chi connectivity index (χ3n) is 1.65. The van der Waals surface area contributed by atoms with Gasteiger partial charge in [0, 0.05) is 0 Å². The van der Waals surface area contributed by atoms with Crippen LogP contribution in [0.15, 0.2) is 0 Å². The fraction of sp³-hybridized carbons (Fsp3) is 0.857. The maximum atomic E-state index is 10.2. The summed E-state index contributed by atoms with van der Waals surface area (Å²) in [5.41, 5.74) is -0.182. The van der Waals surface area contributed by atoms with Gasteiger partial charge in [0.05, 0.1) is 5.92 Å². The summed E-state index contributed by atoms with van der Waals surface area (Å²) >= 11 is 0. The zero-order chi connectivity index (χ0) is 7.65. The Morgan fingerprint density at radius 3 is 1.67 bits per heavy atom. The normalized spacial score (nSPS) is 15.1. The van der Waals surface area contributed by atoms with Gasteiger partial charge in [0.25, 0.3) is 0 Å². The molecule has 53 valence electrons. The molecular weight excluding hydrogens is 116 g/mol. The summed E-state index contributed by atoms with van der Waals surface area (Å²) in [5.74, 6) is -1.35. The fourth-order valence-corrected chi connectivity index (χ4v) is 0.354. The number of hydrogen-bond donors (Lipinski definition) is 0. The van der Waals surface area contributed by atoms with Crippen molar-refractivity contribution in [2.75, 3.05) is 0 Å². The molecular formula is C7H13O2. The molecule has 0 aliphatic heterocycles. The van der Waals surface area contributed by atoms with E-state index in [1.807, 2.05) is 20.8 Å². The van der Waals surface area contributed by atoms with Crippen LogP contribution in [0.3, 0.4) is 0 Å². The predicted octanol–water partition coefficient (Wildman–Crippen LogP) is 1.63. The van der Waals surface area contributed by atoms with Crippen LogP contribution < -0.4 is 0 Å². The third-order valence-corrected chi connectivity index (χ3v) is 1.65. The lowest BCUT2D eigenvalue weighted by atomic mass is 9.82. The molecule has 0 spiro atoms. The number of carbonyl (C=O) groups is 1. The van der Waals surface area contributed by atoms with Gasteiger partial charge in [-0.2, -0.15) is 0 Å². The molecule has 1 unspecified atom stereocenters. The van der Waals surface area contributed by atoms with E-state index in [9.17, 15) is 9.90 Å². The highest BCUT2D eigenvalue weighted by atomic mass is 16.4. The van der Waals surface area contributed by atoms with Gasteiger partial charge in [0.15, 0.2) is 0 Å². The van der Waals surface area contributed by atoms with Crippen LogP contribution >= 0.6 is 0 Å². The van der Waals surface area contributed by atoms with Gasteiger partial charge < -0.3 is 0 Å². The molecule has 0 saturated heterocycles. The first-order valence-corrected chi connectivity index (χ1v) is 3.06. The molecule has 0 aromatic heterocycles. The number of rotatable bonds is 1. The van der Waals surface area contributed by atoms with E-state index in [-0.39, 0.29) is 11.3 Å². The Kier molecular flexibility index (Phi) is 2.24. The minimum atomic E-state index is -0.970. The fourth-order valence-electron chi connectivity index (χ4n) is 0.354. The monoisotopic (exact) mass is 129 g/mol. The van der Waals surface area contributed by atoms with Gasteiger partial charge in [-0.15, -0.1) is 0 Å². The summed E-state index contributed by atoms with van der Waals surface area (Å²) < 4.78 is 0. The lowest BCUT2D eigenvalue weighted by molar-refractivity contribution is -0.151. The summed E-state index contributed by atoms with van der Waals surface area (Å²) in [6, 6.07) is 0. The molecule has 0 N–H and O–H groups in total. The summed E-state index contributed by atoms with van der Waals surface area (Å²) in [7, 11) is 0. The van der Waals surface area contributed by atoms with Crippen molar-refractivity contribution in [1.29, 1.82) is 0 Å². The van der Waals surface area contributed by atoms with Crippen molar-refractivity contribution < 1.29 is 9.90 Å². The molecule has 1 radical (unpaired) electrons. The summed E-state index contributed by atoms with van der Waals surface area (Å²) in [6.07, 6.45) is 0. The summed E-state index contributed by atoms with van der Waals surface area (Å²) in [6.45, 7) is 7.31. The van der Waals surface area contributed by atoms with Crippen molar-refractivity contribution in [3.05, 3.63) is 0 Å². The van der Waals surface area contributed by atoms with Crippen LogP contribution in [0, 0.1) is 11.3 Å². The molecule has 0 aliphatic carbocycles. The van der Waals surface area contributed by atoms with Crippen LogP contribution in [0.5, 0.6) is 0 Å². The van der Waals surface area contributed by atoms with Crippen molar-refractivity contribution in [2.24, 2.45) is 11.3 Å². The van der Waals surface area contributed by atoms with Crippen LogP contribution in [-0.2, 0) is 9.90 Å². The molecule has 2 heteroatoms. The SMILES string of the molecule is CC(C([O])=O)C(C)(C)C. The van der Waals surface area contributed by atoms with E-state index in [0.29, 0.717) is 0 Å². The van der Waals surface area contributed by atoms with Gasteiger partial charge in [-0.05, 0) is 5.41 Å². The Hall–Kier alpha value is -0.530. The van der Waals surface area contributed by atoms with Crippen molar-refractivity contribution >= 4 is 5.97 Å². The first-order valence-electron chi connectivity index (χ1n) is 3.06. The molecule has 0 bridgehead atoms. The molecule has 0 aromatic rings. The number of carbonyl (C=O) groups excluding carboxylic acids is 1. The second-order valence-electron chi connectivity index (χ2n) is 3.41. The zero-order valence-corrected chi connectivity index (χ0v) is 6.39. The molecule has 0 aliphatic rings. The molecule has 0 saturated carbocycles. The molecule has 1 atom stereocenters. The molecule has 9 heavy (non-hydrogen) atoms. The largest absolute Gasteiger partial charge is 0.358 e. The van der Waals surface area contributed by atoms with Crippen molar-refractivity contribution in [1.82, 2.24) is 0 Å². The Balaban J connectivity index is 4.04. The van der Waals surface area contributed by atoms with Crippen LogP contribution in [0.4, 0.5) is 0 Å². The highest BCUT2D eigenvalue weighted by Crippen LogP contribution is 2.24. The molecule has 0 fully saturated rings. The maximum absolute atomic E-state index is 10.2. The molecule has 2 nitrogen and oxygen atoms in total. The predicted molar refractivity (Wildman–Crippen MR) is 34.3 cm³/mol. The molecule has 0 amide bonds. The Morgan fingerprint density at radius 1 is 1.33 bits per heavy atom. The van der Waals surface area contributed by atoms with Gasteiger partial charge >= 0.3 is 5.97 Å². The zero-order valence-electron chi connectivity index (χ0n) is 6.39. The lowest BCUT2D eigenvalue weighted by Gasteiger charge is -2.21. The first kappa shape index (κ1) is 8.47. The van der Waals surface area contributed by atoms with E-state index in [2.05, 4.69) is 0 Å².